The summed E-state index contributed by atoms with van der Waals surface area (Å²) in [7, 11) is 0. The molecule has 0 spiro atoms. The van der Waals surface area contributed by atoms with Crippen LogP contribution in [-0.2, 0) is 6.18 Å². The fourth-order valence-electron chi connectivity index (χ4n) is 1.55. The van der Waals surface area contributed by atoms with Crippen molar-refractivity contribution in [1.82, 2.24) is 9.97 Å². The van der Waals surface area contributed by atoms with E-state index < -0.39 is 35.0 Å². The fraction of sp³-hybridized carbons (Fsp3) is 0.0833. The van der Waals surface area contributed by atoms with Gasteiger partial charge >= 0.3 is 12.1 Å². The molecule has 0 radical (unpaired) electrons. The monoisotopic (exact) mass is 301 g/mol. The molecule has 2 aromatic heterocycles. The second-order valence-electron chi connectivity index (χ2n) is 3.99. The highest BCUT2D eigenvalue weighted by molar-refractivity contribution is 5.88. The van der Waals surface area contributed by atoms with Gasteiger partial charge in [-0.3, -0.25) is 4.98 Å². The van der Waals surface area contributed by atoms with Crippen molar-refractivity contribution < 1.29 is 27.5 Å². The molecule has 2 aromatic rings. The Kier molecular flexibility index (Phi) is 3.50. The highest BCUT2D eigenvalue weighted by Crippen LogP contribution is 2.29. The minimum absolute atomic E-state index is 0.0807. The molecule has 110 valence electrons. The molecule has 0 aliphatic rings. The van der Waals surface area contributed by atoms with Gasteiger partial charge < -0.3 is 10.8 Å². The van der Waals surface area contributed by atoms with Crippen LogP contribution < -0.4 is 5.73 Å². The molecular formula is C12H7F4N3O2. The van der Waals surface area contributed by atoms with Crippen LogP contribution in [0.4, 0.5) is 23.2 Å². The van der Waals surface area contributed by atoms with Crippen molar-refractivity contribution in [2.24, 2.45) is 0 Å². The summed E-state index contributed by atoms with van der Waals surface area (Å²) in [5.74, 6) is -2.84. The van der Waals surface area contributed by atoms with Gasteiger partial charge in [0.15, 0.2) is 11.5 Å². The zero-order valence-electron chi connectivity index (χ0n) is 10.1. The van der Waals surface area contributed by atoms with Gasteiger partial charge in [0.2, 0.25) is 0 Å². The van der Waals surface area contributed by atoms with Crippen LogP contribution in [-0.4, -0.2) is 21.0 Å². The standard InChI is InChI=1S/C12H7F4N3O2/c13-9-6(17)3-7(19-10(9)11(20)21)5-1-2-8(18-4-5)12(14,15)16/h1-4H,(H2,17,19)(H,20,21). The molecule has 2 heterocycles. The summed E-state index contributed by atoms with van der Waals surface area (Å²) >= 11 is 0. The Morgan fingerprint density at radius 3 is 2.43 bits per heavy atom. The van der Waals surface area contributed by atoms with Gasteiger partial charge in [-0.1, -0.05) is 0 Å². The SMILES string of the molecule is Nc1cc(-c2ccc(C(F)(F)F)nc2)nc(C(=O)O)c1F. The molecule has 3 N–H and O–H groups in total. The molecule has 0 amide bonds. The van der Waals surface area contributed by atoms with Crippen molar-refractivity contribution in [3.8, 4) is 11.3 Å². The summed E-state index contributed by atoms with van der Waals surface area (Å²) in [6, 6.07) is 2.77. The summed E-state index contributed by atoms with van der Waals surface area (Å²) < 4.78 is 50.6. The number of nitrogens with zero attached hydrogens (tertiary/aromatic N) is 2. The lowest BCUT2D eigenvalue weighted by Gasteiger charge is -2.08. The molecule has 0 aromatic carbocycles. The van der Waals surface area contributed by atoms with Gasteiger partial charge in [0.1, 0.15) is 5.69 Å². The van der Waals surface area contributed by atoms with Crippen molar-refractivity contribution in [3.05, 3.63) is 41.6 Å². The molecule has 0 bridgehead atoms. The van der Waals surface area contributed by atoms with Crippen LogP contribution in [0.5, 0.6) is 0 Å². The average molecular weight is 301 g/mol. The Morgan fingerprint density at radius 2 is 1.95 bits per heavy atom. The number of aromatic nitrogens is 2. The van der Waals surface area contributed by atoms with Gasteiger partial charge in [-0.2, -0.15) is 13.2 Å². The minimum Gasteiger partial charge on any atom is -0.476 e. The molecule has 9 heteroatoms. The number of halogens is 4. The van der Waals surface area contributed by atoms with E-state index >= 15 is 0 Å². The number of aromatic carboxylic acids is 1. The van der Waals surface area contributed by atoms with Gasteiger partial charge in [-0.25, -0.2) is 14.2 Å². The number of pyridine rings is 2. The third-order valence-electron chi connectivity index (χ3n) is 2.54. The minimum atomic E-state index is -4.60. The number of carboxylic acid groups (broad SMARTS) is 1. The average Bonchev–Trinajstić information content (AvgIpc) is 2.40. The van der Waals surface area contributed by atoms with Gasteiger partial charge in [0.05, 0.1) is 11.4 Å². The van der Waals surface area contributed by atoms with E-state index in [9.17, 15) is 22.4 Å². The molecule has 21 heavy (non-hydrogen) atoms. The number of alkyl halides is 3. The largest absolute Gasteiger partial charge is 0.476 e. The van der Waals surface area contributed by atoms with Gasteiger partial charge in [-0.05, 0) is 18.2 Å². The van der Waals surface area contributed by atoms with Crippen LogP contribution in [0, 0.1) is 5.82 Å². The molecule has 0 saturated heterocycles. The van der Waals surface area contributed by atoms with E-state index in [2.05, 4.69) is 9.97 Å². The molecule has 0 aliphatic carbocycles. The predicted octanol–water partition coefficient (Wildman–Crippen LogP) is 2.58. The third-order valence-corrected chi connectivity index (χ3v) is 2.54. The second-order valence-corrected chi connectivity index (χ2v) is 3.99. The van der Waals surface area contributed by atoms with Crippen molar-refractivity contribution in [1.29, 1.82) is 0 Å². The molecule has 0 atom stereocenters. The van der Waals surface area contributed by atoms with Crippen LogP contribution in [0.25, 0.3) is 11.3 Å². The van der Waals surface area contributed by atoms with E-state index in [4.69, 9.17) is 10.8 Å². The maximum atomic E-state index is 13.4. The van der Waals surface area contributed by atoms with E-state index in [1.165, 1.54) is 0 Å². The van der Waals surface area contributed by atoms with E-state index in [1.807, 2.05) is 0 Å². The maximum absolute atomic E-state index is 13.4. The van der Waals surface area contributed by atoms with Crippen LogP contribution >= 0.6 is 0 Å². The molecule has 0 fully saturated rings. The van der Waals surface area contributed by atoms with Gasteiger partial charge in [0.25, 0.3) is 0 Å². The zero-order chi connectivity index (χ0) is 15.8. The number of nitrogen functional groups attached to an aromatic ring is 1. The van der Waals surface area contributed by atoms with Crippen LogP contribution in [0.15, 0.2) is 24.4 Å². The smallest absolute Gasteiger partial charge is 0.433 e. The molecule has 0 unspecified atom stereocenters. The van der Waals surface area contributed by atoms with Crippen LogP contribution in [0.2, 0.25) is 0 Å². The summed E-state index contributed by atoms with van der Waals surface area (Å²) in [4.78, 5) is 17.5. The Morgan fingerprint density at radius 1 is 1.29 bits per heavy atom. The van der Waals surface area contributed by atoms with Crippen molar-refractivity contribution in [2.75, 3.05) is 5.73 Å². The third kappa shape index (κ3) is 2.91. The molecule has 5 nitrogen and oxygen atoms in total. The van der Waals surface area contributed by atoms with E-state index in [0.29, 0.717) is 6.07 Å². The second kappa shape index (κ2) is 5.00. The zero-order valence-corrected chi connectivity index (χ0v) is 10.1. The molecule has 2 rings (SSSR count). The summed E-state index contributed by atoms with van der Waals surface area (Å²) in [5, 5.41) is 8.79. The highest BCUT2D eigenvalue weighted by Gasteiger charge is 2.32. The highest BCUT2D eigenvalue weighted by atomic mass is 19.4. The quantitative estimate of drug-likeness (QED) is 0.832. The van der Waals surface area contributed by atoms with Crippen molar-refractivity contribution >= 4 is 11.7 Å². The summed E-state index contributed by atoms with van der Waals surface area (Å²) in [5.41, 5.74) is 2.81. The van der Waals surface area contributed by atoms with E-state index in [1.54, 1.807) is 0 Å². The topological polar surface area (TPSA) is 89.1 Å². The number of hydrogen-bond donors (Lipinski definition) is 2. The lowest BCUT2D eigenvalue weighted by atomic mass is 10.1. The lowest BCUT2D eigenvalue weighted by molar-refractivity contribution is -0.141. The van der Waals surface area contributed by atoms with Crippen LogP contribution in [0.3, 0.4) is 0 Å². The Balaban J connectivity index is 2.50. The fourth-order valence-corrected chi connectivity index (χ4v) is 1.55. The molecule has 0 saturated carbocycles. The normalized spacial score (nSPS) is 11.4. The predicted molar refractivity (Wildman–Crippen MR) is 63.8 cm³/mol. The van der Waals surface area contributed by atoms with Crippen molar-refractivity contribution in [3.63, 3.8) is 0 Å². The molecule has 0 aliphatic heterocycles. The number of anilines is 1. The number of carbonyl (C=O) groups is 1. The number of hydrogen-bond acceptors (Lipinski definition) is 4. The first-order valence-corrected chi connectivity index (χ1v) is 5.43. The first-order valence-electron chi connectivity index (χ1n) is 5.43. The maximum Gasteiger partial charge on any atom is 0.433 e. The molecular weight excluding hydrogens is 294 g/mol. The van der Waals surface area contributed by atoms with Crippen molar-refractivity contribution in [2.45, 2.75) is 6.18 Å². The van der Waals surface area contributed by atoms with Gasteiger partial charge in [0, 0.05) is 11.8 Å². The lowest BCUT2D eigenvalue weighted by Crippen LogP contribution is -2.09. The Bertz CT molecular complexity index is 699. The Labute approximate surface area is 115 Å². The first-order chi connectivity index (χ1) is 9.70. The number of rotatable bonds is 2. The van der Waals surface area contributed by atoms with Gasteiger partial charge in [-0.15, -0.1) is 0 Å². The number of nitrogens with two attached hydrogens (primary N) is 1. The van der Waals surface area contributed by atoms with E-state index in [0.717, 1.165) is 18.3 Å². The van der Waals surface area contributed by atoms with E-state index in [-0.39, 0.29) is 11.3 Å². The Hall–Kier alpha value is -2.71. The summed E-state index contributed by atoms with van der Waals surface area (Å²) in [6.07, 6.45) is -3.74. The number of carboxylic acids is 1. The van der Waals surface area contributed by atoms with Crippen LogP contribution in [0.1, 0.15) is 16.2 Å². The summed E-state index contributed by atoms with van der Waals surface area (Å²) in [6.45, 7) is 0. The first kappa shape index (κ1) is 14.7.